The van der Waals surface area contributed by atoms with E-state index in [2.05, 4.69) is 4.98 Å². The van der Waals surface area contributed by atoms with E-state index >= 15 is 0 Å². The van der Waals surface area contributed by atoms with Gasteiger partial charge in [-0.2, -0.15) is 0 Å². The summed E-state index contributed by atoms with van der Waals surface area (Å²) in [6, 6.07) is 8.27. The Labute approximate surface area is 110 Å². The van der Waals surface area contributed by atoms with Gasteiger partial charge < -0.3 is 14.6 Å². The highest BCUT2D eigenvalue weighted by Gasteiger charge is 2.14. The highest BCUT2D eigenvalue weighted by molar-refractivity contribution is 5.91. The number of methoxy groups -OCH3 is 1. The number of benzene rings is 1. The Morgan fingerprint density at radius 2 is 2.05 bits per heavy atom. The van der Waals surface area contributed by atoms with Crippen molar-refractivity contribution in [1.82, 2.24) is 4.98 Å². The van der Waals surface area contributed by atoms with Crippen LogP contribution in [-0.4, -0.2) is 23.2 Å². The Kier molecular flexibility index (Phi) is 3.66. The Morgan fingerprint density at radius 3 is 2.63 bits per heavy atom. The third-order valence-electron chi connectivity index (χ3n) is 2.59. The number of aryl methyl sites for hydroxylation is 1. The van der Waals surface area contributed by atoms with Crippen LogP contribution in [0.15, 0.2) is 36.5 Å². The number of aromatic nitrogens is 1. The summed E-state index contributed by atoms with van der Waals surface area (Å²) < 4.78 is 10.5. The molecule has 19 heavy (non-hydrogen) atoms. The zero-order valence-corrected chi connectivity index (χ0v) is 10.6. The van der Waals surface area contributed by atoms with Crippen LogP contribution in [0, 0.1) is 6.92 Å². The predicted molar refractivity (Wildman–Crippen MR) is 69.0 cm³/mol. The van der Waals surface area contributed by atoms with Crippen molar-refractivity contribution in [3.8, 4) is 17.4 Å². The van der Waals surface area contributed by atoms with E-state index in [0.717, 1.165) is 5.56 Å². The molecule has 0 saturated heterocycles. The van der Waals surface area contributed by atoms with Gasteiger partial charge in [-0.1, -0.05) is 12.1 Å². The number of hydrogen-bond acceptors (Lipinski definition) is 4. The fourth-order valence-electron chi connectivity index (χ4n) is 1.61. The molecule has 0 spiro atoms. The maximum atomic E-state index is 11.1. The van der Waals surface area contributed by atoms with Gasteiger partial charge in [0.05, 0.1) is 13.3 Å². The number of aromatic carboxylic acids is 1. The average Bonchev–Trinajstić information content (AvgIpc) is 2.41. The third kappa shape index (κ3) is 2.82. The van der Waals surface area contributed by atoms with Crippen molar-refractivity contribution >= 4 is 5.97 Å². The number of ether oxygens (including phenoxy) is 2. The van der Waals surface area contributed by atoms with Crippen molar-refractivity contribution in [3.63, 3.8) is 0 Å². The Morgan fingerprint density at radius 1 is 1.26 bits per heavy atom. The summed E-state index contributed by atoms with van der Waals surface area (Å²) >= 11 is 0. The molecular weight excluding hydrogens is 246 g/mol. The number of carboxylic acids is 1. The monoisotopic (exact) mass is 259 g/mol. The van der Waals surface area contributed by atoms with E-state index in [1.54, 1.807) is 38.3 Å². The van der Waals surface area contributed by atoms with Gasteiger partial charge in [-0.25, -0.2) is 9.78 Å². The van der Waals surface area contributed by atoms with Crippen LogP contribution in [0.4, 0.5) is 0 Å². The van der Waals surface area contributed by atoms with Gasteiger partial charge in [0, 0.05) is 6.07 Å². The predicted octanol–water partition coefficient (Wildman–Crippen LogP) is 2.89. The van der Waals surface area contributed by atoms with E-state index in [4.69, 9.17) is 14.6 Å². The molecule has 1 aromatic carbocycles. The summed E-state index contributed by atoms with van der Waals surface area (Å²) in [6.07, 6.45) is 1.51. The normalized spacial score (nSPS) is 10.0. The van der Waals surface area contributed by atoms with E-state index in [1.807, 2.05) is 0 Å². The molecule has 5 heteroatoms. The first-order chi connectivity index (χ1) is 9.11. The van der Waals surface area contributed by atoms with Crippen LogP contribution in [0.25, 0.3) is 0 Å². The lowest BCUT2D eigenvalue weighted by atomic mass is 10.1. The zero-order chi connectivity index (χ0) is 13.8. The molecule has 98 valence electrons. The second-order valence-electron chi connectivity index (χ2n) is 3.90. The molecule has 0 amide bonds. The smallest absolute Gasteiger partial charge is 0.339 e. The molecule has 0 aliphatic heterocycles. The SMILES string of the molecule is COc1ccc(Oc2c(C)cccc2C(=O)O)nc1. The Hall–Kier alpha value is -2.56. The standard InChI is InChI=1S/C14H13NO4/c1-9-4-3-5-11(14(16)17)13(9)19-12-7-6-10(18-2)8-15-12/h3-8H,1-2H3,(H,16,17). The Balaban J connectivity index is 2.34. The minimum absolute atomic E-state index is 0.109. The number of nitrogens with zero attached hydrogens (tertiary/aromatic N) is 1. The molecule has 0 saturated carbocycles. The van der Waals surface area contributed by atoms with Crippen molar-refractivity contribution in [1.29, 1.82) is 0 Å². The number of pyridine rings is 1. The highest BCUT2D eigenvalue weighted by atomic mass is 16.5. The second-order valence-corrected chi connectivity index (χ2v) is 3.90. The van der Waals surface area contributed by atoms with Crippen molar-refractivity contribution in [2.75, 3.05) is 7.11 Å². The third-order valence-corrected chi connectivity index (χ3v) is 2.59. The van der Waals surface area contributed by atoms with Crippen molar-refractivity contribution in [2.24, 2.45) is 0 Å². The van der Waals surface area contributed by atoms with Crippen molar-refractivity contribution < 1.29 is 19.4 Å². The number of carboxylic acid groups (broad SMARTS) is 1. The largest absolute Gasteiger partial charge is 0.495 e. The van der Waals surface area contributed by atoms with E-state index in [9.17, 15) is 4.79 Å². The van der Waals surface area contributed by atoms with Crippen LogP contribution < -0.4 is 9.47 Å². The molecule has 0 atom stereocenters. The van der Waals surface area contributed by atoms with Crippen LogP contribution in [0.1, 0.15) is 15.9 Å². The van der Waals surface area contributed by atoms with Crippen LogP contribution in [0.2, 0.25) is 0 Å². The molecule has 2 aromatic rings. The molecule has 0 unspecified atom stereocenters. The topological polar surface area (TPSA) is 68.7 Å². The van der Waals surface area contributed by atoms with Crippen LogP contribution in [-0.2, 0) is 0 Å². The maximum Gasteiger partial charge on any atom is 0.339 e. The minimum Gasteiger partial charge on any atom is -0.495 e. The van der Waals surface area contributed by atoms with Gasteiger partial charge in [0.15, 0.2) is 0 Å². The molecular formula is C14H13NO4. The molecule has 1 heterocycles. The van der Waals surface area contributed by atoms with Crippen LogP contribution in [0.5, 0.6) is 17.4 Å². The van der Waals surface area contributed by atoms with Gasteiger partial charge in [-0.15, -0.1) is 0 Å². The molecule has 0 aliphatic carbocycles. The van der Waals surface area contributed by atoms with Gasteiger partial charge >= 0.3 is 5.97 Å². The fourth-order valence-corrected chi connectivity index (χ4v) is 1.61. The highest BCUT2D eigenvalue weighted by Crippen LogP contribution is 2.28. The van der Waals surface area contributed by atoms with E-state index < -0.39 is 5.97 Å². The Bertz CT molecular complexity index is 593. The average molecular weight is 259 g/mol. The fraction of sp³-hybridized carbons (Fsp3) is 0.143. The first-order valence-electron chi connectivity index (χ1n) is 5.62. The number of hydrogen-bond donors (Lipinski definition) is 1. The molecule has 0 bridgehead atoms. The van der Waals surface area contributed by atoms with Gasteiger partial charge in [0.1, 0.15) is 17.1 Å². The summed E-state index contributed by atoms with van der Waals surface area (Å²) in [5.74, 6) is 0.188. The van der Waals surface area contributed by atoms with Gasteiger partial charge in [-0.05, 0) is 24.6 Å². The summed E-state index contributed by atoms with van der Waals surface area (Å²) in [5, 5.41) is 9.13. The lowest BCUT2D eigenvalue weighted by Crippen LogP contribution is -2.02. The molecule has 0 fully saturated rings. The lowest BCUT2D eigenvalue weighted by Gasteiger charge is -2.10. The molecule has 0 radical (unpaired) electrons. The van der Waals surface area contributed by atoms with Crippen LogP contribution in [0.3, 0.4) is 0 Å². The van der Waals surface area contributed by atoms with Crippen LogP contribution >= 0.6 is 0 Å². The summed E-state index contributed by atoms with van der Waals surface area (Å²) in [7, 11) is 1.54. The van der Waals surface area contributed by atoms with E-state index in [-0.39, 0.29) is 5.56 Å². The van der Waals surface area contributed by atoms with E-state index in [0.29, 0.717) is 17.4 Å². The molecule has 2 rings (SSSR count). The molecule has 5 nitrogen and oxygen atoms in total. The van der Waals surface area contributed by atoms with Crippen molar-refractivity contribution in [3.05, 3.63) is 47.7 Å². The van der Waals surface area contributed by atoms with Crippen molar-refractivity contribution in [2.45, 2.75) is 6.92 Å². The van der Waals surface area contributed by atoms with E-state index in [1.165, 1.54) is 12.3 Å². The number of rotatable bonds is 4. The zero-order valence-electron chi connectivity index (χ0n) is 10.6. The lowest BCUT2D eigenvalue weighted by molar-refractivity contribution is 0.0694. The van der Waals surface area contributed by atoms with Gasteiger partial charge in [-0.3, -0.25) is 0 Å². The summed E-state index contributed by atoms with van der Waals surface area (Å²) in [6.45, 7) is 1.78. The molecule has 1 aromatic heterocycles. The van der Waals surface area contributed by atoms with Gasteiger partial charge in [0.2, 0.25) is 5.88 Å². The summed E-state index contributed by atoms with van der Waals surface area (Å²) in [5.41, 5.74) is 0.843. The molecule has 1 N–H and O–H groups in total. The minimum atomic E-state index is -1.03. The first kappa shape index (κ1) is 12.9. The quantitative estimate of drug-likeness (QED) is 0.914. The first-order valence-corrected chi connectivity index (χ1v) is 5.62. The second kappa shape index (κ2) is 5.39. The van der Waals surface area contributed by atoms with Gasteiger partial charge in [0.25, 0.3) is 0 Å². The summed E-state index contributed by atoms with van der Waals surface area (Å²) in [4.78, 5) is 15.2. The number of para-hydroxylation sites is 1. The molecule has 0 aliphatic rings. The maximum absolute atomic E-state index is 11.1. The number of carbonyl (C=O) groups is 1.